The Labute approximate surface area is 86.8 Å². The molecule has 1 fully saturated rings. The highest BCUT2D eigenvalue weighted by Crippen LogP contribution is 2.11. The van der Waals surface area contributed by atoms with E-state index in [1.165, 1.54) is 12.8 Å². The molecule has 3 nitrogen and oxygen atoms in total. The number of aliphatic hydroxyl groups is 1. The van der Waals surface area contributed by atoms with Gasteiger partial charge in [0.2, 0.25) is 0 Å². The van der Waals surface area contributed by atoms with Crippen LogP contribution < -0.4 is 5.32 Å². The molecule has 1 aliphatic heterocycles. The largest absolute Gasteiger partial charge is 0.396 e. The second kappa shape index (κ2) is 8.21. The van der Waals surface area contributed by atoms with E-state index in [4.69, 9.17) is 9.84 Å². The Morgan fingerprint density at radius 1 is 1.14 bits per heavy atom. The van der Waals surface area contributed by atoms with E-state index in [1.54, 1.807) is 0 Å². The number of aliphatic hydroxyl groups excluding tert-OH is 1. The van der Waals surface area contributed by atoms with E-state index >= 15 is 0 Å². The SMILES string of the molecule is OCCCCCOCC1CCNCC1. The summed E-state index contributed by atoms with van der Waals surface area (Å²) < 4.78 is 5.61. The molecular weight excluding hydrogens is 178 g/mol. The van der Waals surface area contributed by atoms with Crippen LogP contribution in [0.3, 0.4) is 0 Å². The summed E-state index contributed by atoms with van der Waals surface area (Å²) in [7, 11) is 0. The van der Waals surface area contributed by atoms with Crippen LogP contribution in [0, 0.1) is 5.92 Å². The fourth-order valence-corrected chi connectivity index (χ4v) is 1.79. The van der Waals surface area contributed by atoms with Gasteiger partial charge in [0.05, 0.1) is 0 Å². The number of hydrogen-bond donors (Lipinski definition) is 2. The van der Waals surface area contributed by atoms with Gasteiger partial charge in [0.15, 0.2) is 0 Å². The number of unbranched alkanes of at least 4 members (excludes halogenated alkanes) is 2. The van der Waals surface area contributed by atoms with E-state index < -0.39 is 0 Å². The third-order valence-corrected chi connectivity index (χ3v) is 2.76. The van der Waals surface area contributed by atoms with Crippen molar-refractivity contribution in [1.29, 1.82) is 0 Å². The summed E-state index contributed by atoms with van der Waals surface area (Å²) in [6, 6.07) is 0. The predicted octanol–water partition coefficient (Wildman–Crippen LogP) is 1.17. The standard InChI is InChI=1S/C11H23NO2/c13-8-2-1-3-9-14-10-11-4-6-12-7-5-11/h11-13H,1-10H2. The van der Waals surface area contributed by atoms with Gasteiger partial charge in [-0.2, -0.15) is 0 Å². The molecule has 0 atom stereocenters. The average molecular weight is 201 g/mol. The van der Waals surface area contributed by atoms with Crippen LogP contribution in [0.25, 0.3) is 0 Å². The summed E-state index contributed by atoms with van der Waals surface area (Å²) >= 11 is 0. The zero-order chi connectivity index (χ0) is 10.1. The lowest BCUT2D eigenvalue weighted by Gasteiger charge is -2.22. The molecule has 14 heavy (non-hydrogen) atoms. The van der Waals surface area contributed by atoms with Gasteiger partial charge in [-0.05, 0) is 51.1 Å². The fraction of sp³-hybridized carbons (Fsp3) is 1.00. The molecule has 84 valence electrons. The van der Waals surface area contributed by atoms with Gasteiger partial charge in [0.1, 0.15) is 0 Å². The normalized spacial score (nSPS) is 18.6. The summed E-state index contributed by atoms with van der Waals surface area (Å²) in [6.45, 7) is 4.41. The first-order valence-corrected chi connectivity index (χ1v) is 5.83. The average Bonchev–Trinajstić information content (AvgIpc) is 2.25. The van der Waals surface area contributed by atoms with Crippen molar-refractivity contribution in [3.8, 4) is 0 Å². The third-order valence-electron chi connectivity index (χ3n) is 2.76. The van der Waals surface area contributed by atoms with E-state index in [1.807, 2.05) is 0 Å². The molecule has 0 radical (unpaired) electrons. The minimum atomic E-state index is 0.314. The van der Waals surface area contributed by atoms with Crippen molar-refractivity contribution >= 4 is 0 Å². The maximum absolute atomic E-state index is 8.58. The molecule has 0 aromatic rings. The molecule has 0 saturated carbocycles. The molecule has 0 bridgehead atoms. The molecule has 0 aromatic heterocycles. The molecule has 1 aliphatic rings. The molecule has 3 heteroatoms. The Bertz CT molecular complexity index is 124. The maximum Gasteiger partial charge on any atom is 0.0495 e. The highest BCUT2D eigenvalue weighted by atomic mass is 16.5. The maximum atomic E-state index is 8.58. The smallest absolute Gasteiger partial charge is 0.0495 e. The highest BCUT2D eigenvalue weighted by molar-refractivity contribution is 4.67. The molecule has 2 N–H and O–H groups in total. The second-order valence-electron chi connectivity index (χ2n) is 4.05. The van der Waals surface area contributed by atoms with Crippen molar-refractivity contribution in [1.82, 2.24) is 5.32 Å². The van der Waals surface area contributed by atoms with Crippen molar-refractivity contribution in [3.05, 3.63) is 0 Å². The number of ether oxygens (including phenoxy) is 1. The molecule has 0 amide bonds. The summed E-state index contributed by atoms with van der Waals surface area (Å²) in [6.07, 6.45) is 5.61. The van der Waals surface area contributed by atoms with Gasteiger partial charge in [-0.15, -0.1) is 0 Å². The number of rotatable bonds is 7. The zero-order valence-electron chi connectivity index (χ0n) is 9.00. The van der Waals surface area contributed by atoms with Gasteiger partial charge in [-0.1, -0.05) is 0 Å². The van der Waals surface area contributed by atoms with Crippen LogP contribution >= 0.6 is 0 Å². The lowest BCUT2D eigenvalue weighted by Crippen LogP contribution is -2.30. The minimum Gasteiger partial charge on any atom is -0.396 e. The third kappa shape index (κ3) is 5.58. The Hall–Kier alpha value is -0.120. The van der Waals surface area contributed by atoms with E-state index in [0.717, 1.165) is 51.5 Å². The van der Waals surface area contributed by atoms with Crippen molar-refractivity contribution < 1.29 is 9.84 Å². The second-order valence-corrected chi connectivity index (χ2v) is 4.05. The van der Waals surface area contributed by atoms with E-state index in [-0.39, 0.29) is 0 Å². The Kier molecular flexibility index (Phi) is 7.01. The van der Waals surface area contributed by atoms with Gasteiger partial charge in [-0.25, -0.2) is 0 Å². The van der Waals surface area contributed by atoms with Gasteiger partial charge in [-0.3, -0.25) is 0 Å². The molecule has 1 rings (SSSR count). The van der Waals surface area contributed by atoms with Crippen LogP contribution in [0.4, 0.5) is 0 Å². The molecule has 1 heterocycles. The minimum absolute atomic E-state index is 0.314. The Morgan fingerprint density at radius 2 is 1.93 bits per heavy atom. The lowest BCUT2D eigenvalue weighted by atomic mass is 9.99. The van der Waals surface area contributed by atoms with Crippen LogP contribution in [0.5, 0.6) is 0 Å². The molecule has 0 aromatic carbocycles. The first kappa shape index (κ1) is 12.0. The van der Waals surface area contributed by atoms with Crippen molar-refractivity contribution in [3.63, 3.8) is 0 Å². The van der Waals surface area contributed by atoms with Crippen LogP contribution in [0.2, 0.25) is 0 Å². The van der Waals surface area contributed by atoms with Gasteiger partial charge >= 0.3 is 0 Å². The predicted molar refractivity (Wildman–Crippen MR) is 57.3 cm³/mol. The van der Waals surface area contributed by atoms with Crippen molar-refractivity contribution in [2.45, 2.75) is 32.1 Å². The number of nitrogens with one attached hydrogen (secondary N) is 1. The summed E-state index contributed by atoms with van der Waals surface area (Å²) in [5.41, 5.74) is 0. The van der Waals surface area contributed by atoms with Gasteiger partial charge in [0, 0.05) is 19.8 Å². The van der Waals surface area contributed by atoms with E-state index in [2.05, 4.69) is 5.32 Å². The lowest BCUT2D eigenvalue weighted by molar-refractivity contribution is 0.0842. The van der Waals surface area contributed by atoms with Crippen molar-refractivity contribution in [2.24, 2.45) is 5.92 Å². The Morgan fingerprint density at radius 3 is 2.64 bits per heavy atom. The van der Waals surface area contributed by atoms with Gasteiger partial charge < -0.3 is 15.2 Å². The fourth-order valence-electron chi connectivity index (χ4n) is 1.79. The van der Waals surface area contributed by atoms with E-state index in [0.29, 0.717) is 6.61 Å². The van der Waals surface area contributed by atoms with Crippen LogP contribution in [-0.4, -0.2) is 38.0 Å². The molecule has 1 saturated heterocycles. The summed E-state index contributed by atoms with van der Waals surface area (Å²) in [5.74, 6) is 0.772. The monoisotopic (exact) mass is 201 g/mol. The quantitative estimate of drug-likeness (QED) is 0.607. The van der Waals surface area contributed by atoms with Gasteiger partial charge in [0.25, 0.3) is 0 Å². The van der Waals surface area contributed by atoms with E-state index in [9.17, 15) is 0 Å². The zero-order valence-corrected chi connectivity index (χ0v) is 9.00. The van der Waals surface area contributed by atoms with Crippen LogP contribution in [0.1, 0.15) is 32.1 Å². The molecule has 0 unspecified atom stereocenters. The van der Waals surface area contributed by atoms with Crippen LogP contribution in [0.15, 0.2) is 0 Å². The van der Waals surface area contributed by atoms with Crippen LogP contribution in [-0.2, 0) is 4.74 Å². The highest BCUT2D eigenvalue weighted by Gasteiger charge is 2.12. The summed E-state index contributed by atoms with van der Waals surface area (Å²) in [5, 5.41) is 11.9. The topological polar surface area (TPSA) is 41.5 Å². The molecule has 0 aliphatic carbocycles. The number of piperidine rings is 1. The first-order valence-electron chi connectivity index (χ1n) is 5.83. The summed E-state index contributed by atoms with van der Waals surface area (Å²) in [4.78, 5) is 0. The molecular formula is C11H23NO2. The molecule has 0 spiro atoms. The number of hydrogen-bond acceptors (Lipinski definition) is 3. The Balaban J connectivity index is 1.82. The first-order chi connectivity index (χ1) is 6.93. The van der Waals surface area contributed by atoms with Crippen molar-refractivity contribution in [2.75, 3.05) is 32.9 Å².